The van der Waals surface area contributed by atoms with Crippen LogP contribution < -0.4 is 5.32 Å². The molecule has 0 aromatic carbocycles. The molecular weight excluding hydrogens is 260 g/mol. The van der Waals surface area contributed by atoms with Gasteiger partial charge in [0.05, 0.1) is 5.75 Å². The first-order chi connectivity index (χ1) is 8.86. The highest BCUT2D eigenvalue weighted by Gasteiger charge is 2.36. The summed E-state index contributed by atoms with van der Waals surface area (Å²) >= 11 is 0. The van der Waals surface area contributed by atoms with E-state index in [9.17, 15) is 8.42 Å². The van der Waals surface area contributed by atoms with Crippen molar-refractivity contribution in [2.24, 2.45) is 0 Å². The predicted molar refractivity (Wildman–Crippen MR) is 81.3 cm³/mol. The molecule has 1 rings (SSSR count). The molecule has 0 amide bonds. The average Bonchev–Trinajstić information content (AvgIpc) is 2.37. The summed E-state index contributed by atoms with van der Waals surface area (Å²) < 4.78 is 22.8. The topological polar surface area (TPSA) is 49.4 Å². The molecule has 1 atom stereocenters. The second kappa shape index (κ2) is 7.04. The normalized spacial score (nSPS) is 24.5. The molecule has 4 nitrogen and oxygen atoms in total. The summed E-state index contributed by atoms with van der Waals surface area (Å²) in [5, 5.41) is 3.70. The minimum absolute atomic E-state index is 0.168. The Bertz CT molecular complexity index is 364. The maximum Gasteiger partial charge on any atom is 0.148 e. The number of sulfone groups is 1. The third kappa shape index (κ3) is 5.04. The van der Waals surface area contributed by atoms with Crippen molar-refractivity contribution in [2.75, 3.05) is 31.6 Å². The zero-order valence-corrected chi connectivity index (χ0v) is 13.7. The lowest BCUT2D eigenvalue weighted by molar-refractivity contribution is 0.0733. The van der Waals surface area contributed by atoms with Gasteiger partial charge in [-0.25, -0.2) is 8.42 Å². The summed E-state index contributed by atoms with van der Waals surface area (Å²) in [5.74, 6) is 0.275. The summed E-state index contributed by atoms with van der Waals surface area (Å²) in [6.45, 7) is 9.25. The van der Waals surface area contributed by atoms with Crippen LogP contribution in [0.4, 0.5) is 0 Å². The highest BCUT2D eigenvalue weighted by molar-refractivity contribution is 7.90. The fourth-order valence-corrected chi connectivity index (χ4v) is 3.49. The SMILES string of the molecule is CCCC1CNC(CC)(CC)CN1CCS(C)(=O)=O. The van der Waals surface area contributed by atoms with Crippen LogP contribution in [0.15, 0.2) is 0 Å². The fourth-order valence-electron chi connectivity index (χ4n) is 2.92. The Hall–Kier alpha value is -0.130. The van der Waals surface area contributed by atoms with Gasteiger partial charge in [-0.2, -0.15) is 0 Å². The molecule has 1 heterocycles. The molecule has 0 aromatic rings. The molecule has 1 aliphatic rings. The van der Waals surface area contributed by atoms with Crippen molar-refractivity contribution in [2.45, 2.75) is 58.0 Å². The Labute approximate surface area is 118 Å². The molecular formula is C14H30N2O2S. The molecule has 0 radical (unpaired) electrons. The summed E-state index contributed by atoms with van der Waals surface area (Å²) in [4.78, 5) is 2.40. The zero-order valence-electron chi connectivity index (χ0n) is 12.9. The van der Waals surface area contributed by atoms with Crippen LogP contribution in [0.5, 0.6) is 0 Å². The van der Waals surface area contributed by atoms with E-state index in [2.05, 4.69) is 31.0 Å². The summed E-state index contributed by atoms with van der Waals surface area (Å²) in [6.07, 6.45) is 5.81. The van der Waals surface area contributed by atoms with Gasteiger partial charge < -0.3 is 5.32 Å². The summed E-state index contributed by atoms with van der Waals surface area (Å²) in [6, 6.07) is 0.484. The van der Waals surface area contributed by atoms with Crippen molar-refractivity contribution in [3.63, 3.8) is 0 Å². The minimum Gasteiger partial charge on any atom is -0.308 e. The Morgan fingerprint density at radius 2 is 1.89 bits per heavy atom. The van der Waals surface area contributed by atoms with Crippen molar-refractivity contribution >= 4 is 9.84 Å². The Kier molecular flexibility index (Phi) is 6.27. The van der Waals surface area contributed by atoms with Gasteiger partial charge in [0.2, 0.25) is 0 Å². The lowest BCUT2D eigenvalue weighted by Gasteiger charge is -2.47. The van der Waals surface area contributed by atoms with Gasteiger partial charge in [0.25, 0.3) is 0 Å². The number of hydrogen-bond acceptors (Lipinski definition) is 4. The largest absolute Gasteiger partial charge is 0.308 e. The zero-order chi connectivity index (χ0) is 14.5. The number of hydrogen-bond donors (Lipinski definition) is 1. The van der Waals surface area contributed by atoms with Crippen LogP contribution in [-0.2, 0) is 9.84 Å². The Morgan fingerprint density at radius 1 is 1.26 bits per heavy atom. The molecule has 1 saturated heterocycles. The van der Waals surface area contributed by atoms with Gasteiger partial charge in [0.1, 0.15) is 9.84 Å². The molecule has 1 fully saturated rings. The maximum atomic E-state index is 11.4. The third-order valence-corrected chi connectivity index (χ3v) is 5.38. The molecule has 0 spiro atoms. The van der Waals surface area contributed by atoms with Crippen LogP contribution in [0.2, 0.25) is 0 Å². The Balaban J connectivity index is 2.72. The lowest BCUT2D eigenvalue weighted by Crippen LogP contribution is -2.64. The quantitative estimate of drug-likeness (QED) is 0.775. The molecule has 0 saturated carbocycles. The molecule has 19 heavy (non-hydrogen) atoms. The standard InChI is InChI=1S/C14H30N2O2S/c1-5-8-13-11-15-14(6-2,7-3)12-16(13)9-10-19(4,17)18/h13,15H,5-12H2,1-4H3. The van der Waals surface area contributed by atoms with Crippen molar-refractivity contribution in [3.05, 3.63) is 0 Å². The van der Waals surface area contributed by atoms with Crippen molar-refractivity contribution in [1.82, 2.24) is 10.2 Å². The number of nitrogens with one attached hydrogen (secondary N) is 1. The van der Waals surface area contributed by atoms with Crippen LogP contribution >= 0.6 is 0 Å². The molecule has 1 aliphatic heterocycles. The van der Waals surface area contributed by atoms with E-state index in [-0.39, 0.29) is 11.3 Å². The first-order valence-corrected chi connectivity index (χ1v) is 9.58. The van der Waals surface area contributed by atoms with Crippen molar-refractivity contribution in [1.29, 1.82) is 0 Å². The van der Waals surface area contributed by atoms with Gasteiger partial charge >= 0.3 is 0 Å². The smallest absolute Gasteiger partial charge is 0.148 e. The average molecular weight is 290 g/mol. The number of piperazine rings is 1. The molecule has 0 aliphatic carbocycles. The van der Waals surface area contributed by atoms with E-state index in [1.54, 1.807) is 0 Å². The third-order valence-electron chi connectivity index (χ3n) is 4.46. The number of rotatable bonds is 7. The van der Waals surface area contributed by atoms with E-state index in [0.29, 0.717) is 12.6 Å². The molecule has 5 heteroatoms. The molecule has 0 bridgehead atoms. The van der Waals surface area contributed by atoms with Crippen LogP contribution in [0.25, 0.3) is 0 Å². The van der Waals surface area contributed by atoms with Gasteiger partial charge in [0, 0.05) is 37.5 Å². The van der Waals surface area contributed by atoms with Crippen molar-refractivity contribution < 1.29 is 8.42 Å². The van der Waals surface area contributed by atoms with E-state index in [1.165, 1.54) is 6.26 Å². The monoisotopic (exact) mass is 290 g/mol. The second-order valence-electron chi connectivity index (χ2n) is 5.91. The first kappa shape index (κ1) is 16.9. The molecule has 114 valence electrons. The summed E-state index contributed by atoms with van der Waals surface area (Å²) in [7, 11) is -2.87. The van der Waals surface area contributed by atoms with Gasteiger partial charge in [-0.05, 0) is 19.3 Å². The van der Waals surface area contributed by atoms with E-state index >= 15 is 0 Å². The van der Waals surface area contributed by atoms with Crippen LogP contribution in [-0.4, -0.2) is 56.5 Å². The molecule has 1 unspecified atom stereocenters. The Morgan fingerprint density at radius 3 is 2.37 bits per heavy atom. The van der Waals surface area contributed by atoms with Gasteiger partial charge in [-0.15, -0.1) is 0 Å². The highest BCUT2D eigenvalue weighted by Crippen LogP contribution is 2.24. The maximum absolute atomic E-state index is 11.4. The van der Waals surface area contributed by atoms with E-state index in [4.69, 9.17) is 0 Å². The van der Waals surface area contributed by atoms with Gasteiger partial charge in [-0.3, -0.25) is 4.90 Å². The lowest BCUT2D eigenvalue weighted by atomic mass is 9.88. The number of nitrogens with zero attached hydrogens (tertiary/aromatic N) is 1. The summed E-state index contributed by atoms with van der Waals surface area (Å²) in [5.41, 5.74) is 0.168. The van der Waals surface area contributed by atoms with E-state index in [1.807, 2.05) is 0 Å². The molecule has 0 aromatic heterocycles. The van der Waals surface area contributed by atoms with Crippen molar-refractivity contribution in [3.8, 4) is 0 Å². The van der Waals surface area contributed by atoms with E-state index < -0.39 is 9.84 Å². The van der Waals surface area contributed by atoms with E-state index in [0.717, 1.165) is 38.8 Å². The highest BCUT2D eigenvalue weighted by atomic mass is 32.2. The first-order valence-electron chi connectivity index (χ1n) is 7.52. The predicted octanol–water partition coefficient (Wildman–Crippen LogP) is 1.66. The minimum atomic E-state index is -2.87. The molecule has 1 N–H and O–H groups in total. The van der Waals surface area contributed by atoms with Crippen LogP contribution in [0, 0.1) is 0 Å². The van der Waals surface area contributed by atoms with Gasteiger partial charge in [0.15, 0.2) is 0 Å². The second-order valence-corrected chi connectivity index (χ2v) is 8.17. The van der Waals surface area contributed by atoms with Crippen LogP contribution in [0.3, 0.4) is 0 Å². The van der Waals surface area contributed by atoms with Gasteiger partial charge in [-0.1, -0.05) is 27.2 Å². The van der Waals surface area contributed by atoms with Crippen LogP contribution in [0.1, 0.15) is 46.5 Å². The fraction of sp³-hybridized carbons (Fsp3) is 1.00.